The van der Waals surface area contributed by atoms with Crippen molar-refractivity contribution >= 4 is 32.7 Å². The zero-order chi connectivity index (χ0) is 21.8. The summed E-state index contributed by atoms with van der Waals surface area (Å²) in [5.41, 5.74) is 1.23. The number of halogens is 1. The molecular weight excluding hydrogens is 442 g/mol. The molecule has 1 atom stereocenters. The van der Waals surface area contributed by atoms with E-state index in [1.807, 2.05) is 61.2 Å². The van der Waals surface area contributed by atoms with Gasteiger partial charge in [-0.1, -0.05) is 54.9 Å². The third-order valence-corrected chi connectivity index (χ3v) is 5.66. The summed E-state index contributed by atoms with van der Waals surface area (Å²) in [6.45, 7) is 9.24. The Morgan fingerprint density at radius 1 is 1.13 bits per heavy atom. The van der Waals surface area contributed by atoms with Crippen molar-refractivity contribution in [2.45, 2.75) is 46.7 Å². The molecule has 30 heavy (non-hydrogen) atoms. The molecule has 0 bridgehead atoms. The topological polar surface area (TPSA) is 55.2 Å². The van der Waals surface area contributed by atoms with E-state index < -0.39 is 0 Å². The van der Waals surface area contributed by atoms with Crippen molar-refractivity contribution in [3.8, 4) is 0 Å². The van der Waals surface area contributed by atoms with Crippen LogP contribution in [0.15, 0.2) is 57.8 Å². The molecule has 158 valence electrons. The van der Waals surface area contributed by atoms with Crippen molar-refractivity contribution in [1.29, 1.82) is 0 Å². The Morgan fingerprint density at radius 3 is 2.50 bits per heavy atom. The molecule has 0 aliphatic heterocycles. The zero-order valence-electron chi connectivity index (χ0n) is 17.9. The number of nitrogens with zero attached hydrogens (tertiary/aromatic N) is 3. The van der Waals surface area contributed by atoms with E-state index in [4.69, 9.17) is 4.98 Å². The zero-order valence-corrected chi connectivity index (χ0v) is 19.5. The van der Waals surface area contributed by atoms with Crippen LogP contribution in [0.2, 0.25) is 0 Å². The standard InChI is InChI=1S/C24H28BrN3O2/c1-5-21(22-26-20-13-8-7-12-19(20)24(30)27(22)6-2)28(15-16(3)4)23(29)17-10-9-11-18(25)14-17/h7-14,16,21H,5-6,15H2,1-4H3. The number of rotatable bonds is 7. The molecule has 0 saturated heterocycles. The molecule has 3 rings (SSSR count). The molecule has 0 aliphatic rings. The molecule has 2 aromatic carbocycles. The molecule has 3 aromatic rings. The van der Waals surface area contributed by atoms with Gasteiger partial charge in [0.25, 0.3) is 11.5 Å². The lowest BCUT2D eigenvalue weighted by Crippen LogP contribution is -2.40. The Bertz CT molecular complexity index is 1110. The van der Waals surface area contributed by atoms with Gasteiger partial charge in [0, 0.05) is 23.1 Å². The van der Waals surface area contributed by atoms with Crippen molar-refractivity contribution in [2.24, 2.45) is 5.92 Å². The molecule has 1 amide bonds. The molecule has 0 saturated carbocycles. The fourth-order valence-electron chi connectivity index (χ4n) is 3.82. The summed E-state index contributed by atoms with van der Waals surface area (Å²) in [5, 5.41) is 0.603. The van der Waals surface area contributed by atoms with E-state index in [9.17, 15) is 9.59 Å². The van der Waals surface area contributed by atoms with Crippen LogP contribution in [-0.4, -0.2) is 26.9 Å². The smallest absolute Gasteiger partial charge is 0.261 e. The summed E-state index contributed by atoms with van der Waals surface area (Å²) in [7, 11) is 0. The maximum absolute atomic E-state index is 13.5. The second kappa shape index (κ2) is 9.56. The Morgan fingerprint density at radius 2 is 1.87 bits per heavy atom. The van der Waals surface area contributed by atoms with Crippen molar-refractivity contribution in [2.75, 3.05) is 6.54 Å². The lowest BCUT2D eigenvalue weighted by Gasteiger charge is -2.33. The predicted octanol–water partition coefficient (Wildman–Crippen LogP) is 5.43. The van der Waals surface area contributed by atoms with Gasteiger partial charge in [0.1, 0.15) is 5.82 Å². The van der Waals surface area contributed by atoms with Gasteiger partial charge in [-0.15, -0.1) is 0 Å². The van der Waals surface area contributed by atoms with Gasteiger partial charge in [0.05, 0.1) is 16.9 Å². The molecule has 0 fully saturated rings. The number of benzene rings is 2. The highest BCUT2D eigenvalue weighted by molar-refractivity contribution is 9.10. The van der Waals surface area contributed by atoms with Crippen molar-refractivity contribution < 1.29 is 4.79 Å². The van der Waals surface area contributed by atoms with Crippen LogP contribution >= 0.6 is 15.9 Å². The molecule has 0 N–H and O–H groups in total. The lowest BCUT2D eigenvalue weighted by atomic mass is 10.1. The van der Waals surface area contributed by atoms with Crippen LogP contribution < -0.4 is 5.56 Å². The first-order valence-corrected chi connectivity index (χ1v) is 11.2. The van der Waals surface area contributed by atoms with E-state index in [1.165, 1.54) is 0 Å². The van der Waals surface area contributed by atoms with Crippen LogP contribution in [0.3, 0.4) is 0 Å². The number of aromatic nitrogens is 2. The van der Waals surface area contributed by atoms with Gasteiger partial charge in [-0.2, -0.15) is 0 Å². The van der Waals surface area contributed by atoms with E-state index in [0.717, 1.165) is 4.47 Å². The van der Waals surface area contributed by atoms with Gasteiger partial charge < -0.3 is 4.90 Å². The Kier molecular flexibility index (Phi) is 7.08. The van der Waals surface area contributed by atoms with Gasteiger partial charge in [-0.05, 0) is 49.6 Å². The highest BCUT2D eigenvalue weighted by atomic mass is 79.9. The molecule has 0 spiro atoms. The quantitative estimate of drug-likeness (QED) is 0.463. The van der Waals surface area contributed by atoms with Crippen LogP contribution in [0.5, 0.6) is 0 Å². The number of carbonyl (C=O) groups is 1. The fraction of sp³-hybridized carbons (Fsp3) is 0.375. The van der Waals surface area contributed by atoms with Crippen LogP contribution in [0.4, 0.5) is 0 Å². The number of para-hydroxylation sites is 1. The van der Waals surface area contributed by atoms with E-state index in [0.29, 0.717) is 41.8 Å². The number of carbonyl (C=O) groups excluding carboxylic acids is 1. The molecule has 1 unspecified atom stereocenters. The first-order chi connectivity index (χ1) is 14.4. The monoisotopic (exact) mass is 469 g/mol. The lowest BCUT2D eigenvalue weighted by molar-refractivity contribution is 0.0628. The average molecular weight is 470 g/mol. The Labute approximate surface area is 185 Å². The summed E-state index contributed by atoms with van der Waals surface area (Å²) < 4.78 is 2.57. The maximum atomic E-state index is 13.5. The molecule has 1 heterocycles. The first-order valence-electron chi connectivity index (χ1n) is 10.4. The number of hydrogen-bond donors (Lipinski definition) is 0. The van der Waals surface area contributed by atoms with Gasteiger partial charge in [-0.25, -0.2) is 4.98 Å². The summed E-state index contributed by atoms with van der Waals surface area (Å²) in [6, 6.07) is 14.5. The van der Waals surface area contributed by atoms with E-state index >= 15 is 0 Å². The minimum atomic E-state index is -0.295. The van der Waals surface area contributed by atoms with E-state index in [1.54, 1.807) is 10.6 Å². The number of fused-ring (bicyclic) bond motifs is 1. The molecule has 1 aromatic heterocycles. The third-order valence-electron chi connectivity index (χ3n) is 5.16. The third kappa shape index (κ3) is 4.48. The van der Waals surface area contributed by atoms with Crippen LogP contribution in [-0.2, 0) is 6.54 Å². The van der Waals surface area contributed by atoms with Crippen LogP contribution in [0.1, 0.15) is 56.3 Å². The number of amides is 1. The van der Waals surface area contributed by atoms with Gasteiger partial charge >= 0.3 is 0 Å². The second-order valence-corrected chi connectivity index (χ2v) is 8.74. The van der Waals surface area contributed by atoms with E-state index in [2.05, 4.69) is 29.8 Å². The highest BCUT2D eigenvalue weighted by Gasteiger charge is 2.29. The van der Waals surface area contributed by atoms with Crippen LogP contribution in [0, 0.1) is 5.92 Å². The van der Waals surface area contributed by atoms with Crippen molar-refractivity contribution in [3.63, 3.8) is 0 Å². The number of hydrogen-bond acceptors (Lipinski definition) is 3. The van der Waals surface area contributed by atoms with Crippen molar-refractivity contribution in [1.82, 2.24) is 14.5 Å². The molecular formula is C24H28BrN3O2. The molecule has 0 aliphatic carbocycles. The van der Waals surface area contributed by atoms with Gasteiger partial charge in [-0.3, -0.25) is 14.2 Å². The van der Waals surface area contributed by atoms with Gasteiger partial charge in [0.2, 0.25) is 0 Å². The Hall–Kier alpha value is -2.47. The minimum absolute atomic E-state index is 0.0538. The first kappa shape index (κ1) is 22.2. The largest absolute Gasteiger partial charge is 0.328 e. The molecule has 6 heteroatoms. The Balaban J connectivity index is 2.17. The van der Waals surface area contributed by atoms with Gasteiger partial charge in [0.15, 0.2) is 0 Å². The minimum Gasteiger partial charge on any atom is -0.328 e. The second-order valence-electron chi connectivity index (χ2n) is 7.82. The van der Waals surface area contributed by atoms with E-state index in [-0.39, 0.29) is 23.4 Å². The highest BCUT2D eigenvalue weighted by Crippen LogP contribution is 2.27. The summed E-state index contributed by atoms with van der Waals surface area (Å²) in [4.78, 5) is 33.4. The average Bonchev–Trinajstić information content (AvgIpc) is 2.73. The van der Waals surface area contributed by atoms with Crippen molar-refractivity contribution in [3.05, 3.63) is 74.7 Å². The normalized spacial score (nSPS) is 12.3. The summed E-state index contributed by atoms with van der Waals surface area (Å²) in [5.74, 6) is 0.868. The molecule has 5 nitrogen and oxygen atoms in total. The predicted molar refractivity (Wildman–Crippen MR) is 125 cm³/mol. The van der Waals surface area contributed by atoms with Crippen LogP contribution in [0.25, 0.3) is 10.9 Å². The SMILES string of the molecule is CCC(c1nc2ccccc2c(=O)n1CC)N(CC(C)C)C(=O)c1cccc(Br)c1. The maximum Gasteiger partial charge on any atom is 0.261 e. The molecule has 0 radical (unpaired) electrons. The summed E-state index contributed by atoms with van der Waals surface area (Å²) >= 11 is 3.46. The fourth-order valence-corrected chi connectivity index (χ4v) is 4.22. The summed E-state index contributed by atoms with van der Waals surface area (Å²) in [6.07, 6.45) is 0.664.